The molecule has 0 radical (unpaired) electrons. The van der Waals surface area contributed by atoms with Gasteiger partial charge in [-0.05, 0) is 50.1 Å². The lowest BCUT2D eigenvalue weighted by molar-refractivity contribution is 0.174. The first-order valence-corrected chi connectivity index (χ1v) is 9.87. The molecule has 5 rings (SSSR count). The SMILES string of the molecule is Cc1nnc(N2N=C(c3ccc(N)cc3)c3cc4c(cc3CC2C)OCO4)s1. The number of ether oxygens (including phenoxy) is 2. The van der Waals surface area contributed by atoms with E-state index in [1.807, 2.05) is 42.3 Å². The summed E-state index contributed by atoms with van der Waals surface area (Å²) in [6, 6.07) is 11.9. The molecule has 2 aliphatic heterocycles. The molecule has 0 fully saturated rings. The van der Waals surface area contributed by atoms with Crippen LogP contribution in [0.3, 0.4) is 0 Å². The zero-order valence-electron chi connectivity index (χ0n) is 15.5. The number of aromatic nitrogens is 2. The molecule has 3 heterocycles. The van der Waals surface area contributed by atoms with Crippen LogP contribution in [0, 0.1) is 6.92 Å². The van der Waals surface area contributed by atoms with Crippen molar-refractivity contribution in [1.29, 1.82) is 0 Å². The molecule has 28 heavy (non-hydrogen) atoms. The van der Waals surface area contributed by atoms with E-state index in [0.717, 1.165) is 50.5 Å². The van der Waals surface area contributed by atoms with Gasteiger partial charge in [0.25, 0.3) is 0 Å². The molecule has 0 bridgehead atoms. The van der Waals surface area contributed by atoms with Crippen molar-refractivity contribution in [2.24, 2.45) is 5.10 Å². The highest BCUT2D eigenvalue weighted by molar-refractivity contribution is 7.15. The molecule has 0 spiro atoms. The fraction of sp³-hybridized carbons (Fsp3) is 0.250. The Morgan fingerprint density at radius 1 is 1.11 bits per heavy atom. The first-order valence-electron chi connectivity index (χ1n) is 9.05. The molecule has 3 aromatic rings. The predicted octanol–water partition coefficient (Wildman–Crippen LogP) is 3.36. The first kappa shape index (κ1) is 17.0. The van der Waals surface area contributed by atoms with Crippen LogP contribution in [-0.4, -0.2) is 28.7 Å². The van der Waals surface area contributed by atoms with E-state index in [-0.39, 0.29) is 12.8 Å². The van der Waals surface area contributed by atoms with E-state index in [4.69, 9.17) is 20.3 Å². The van der Waals surface area contributed by atoms with Crippen molar-refractivity contribution in [3.05, 3.63) is 58.1 Å². The van der Waals surface area contributed by atoms with Crippen LogP contribution < -0.4 is 20.2 Å². The average Bonchev–Trinajstić information content (AvgIpc) is 3.28. The molecule has 7 nitrogen and oxygen atoms in total. The molecule has 0 amide bonds. The molecule has 2 aliphatic rings. The molecule has 142 valence electrons. The van der Waals surface area contributed by atoms with Crippen molar-refractivity contribution in [2.45, 2.75) is 26.3 Å². The molecular weight excluding hydrogens is 374 g/mol. The standard InChI is InChI=1S/C20H19N5O2S/c1-11-7-14-8-17-18(27-10-26-17)9-16(14)19(13-3-5-15(21)6-4-13)24-25(11)20-23-22-12(2)28-20/h3-6,8-9,11H,7,10,21H2,1-2H3. The Kier molecular flexibility index (Phi) is 3.94. The molecule has 0 saturated heterocycles. The fourth-order valence-corrected chi connectivity index (χ4v) is 4.24. The number of hydrazone groups is 1. The third-order valence-corrected chi connectivity index (χ3v) is 5.72. The summed E-state index contributed by atoms with van der Waals surface area (Å²) in [5.41, 5.74) is 10.6. The van der Waals surface area contributed by atoms with Crippen LogP contribution in [0.5, 0.6) is 11.5 Å². The number of nitrogens with zero attached hydrogens (tertiary/aromatic N) is 4. The Labute approximate surface area is 166 Å². The Morgan fingerprint density at radius 3 is 2.57 bits per heavy atom. The summed E-state index contributed by atoms with van der Waals surface area (Å²) in [5, 5.41) is 17.2. The third-order valence-electron chi connectivity index (χ3n) is 4.89. The van der Waals surface area contributed by atoms with Crippen molar-refractivity contribution in [3.8, 4) is 11.5 Å². The van der Waals surface area contributed by atoms with Gasteiger partial charge in [0, 0.05) is 16.8 Å². The molecular formula is C20H19N5O2S. The van der Waals surface area contributed by atoms with E-state index in [9.17, 15) is 0 Å². The summed E-state index contributed by atoms with van der Waals surface area (Å²) >= 11 is 1.53. The van der Waals surface area contributed by atoms with Gasteiger partial charge < -0.3 is 15.2 Å². The maximum absolute atomic E-state index is 5.90. The van der Waals surface area contributed by atoms with Crippen LogP contribution in [0.1, 0.15) is 28.6 Å². The van der Waals surface area contributed by atoms with Crippen molar-refractivity contribution < 1.29 is 9.47 Å². The Morgan fingerprint density at radius 2 is 1.86 bits per heavy atom. The van der Waals surface area contributed by atoms with Gasteiger partial charge in [0.2, 0.25) is 11.9 Å². The molecule has 2 aromatic carbocycles. The van der Waals surface area contributed by atoms with E-state index in [1.54, 1.807) is 0 Å². The highest BCUT2D eigenvalue weighted by atomic mass is 32.1. The molecule has 1 unspecified atom stereocenters. The van der Waals surface area contributed by atoms with Crippen LogP contribution in [0.15, 0.2) is 41.5 Å². The second kappa shape index (κ2) is 6.49. The number of fused-ring (bicyclic) bond motifs is 2. The van der Waals surface area contributed by atoms with Crippen LogP contribution in [0.25, 0.3) is 0 Å². The number of aryl methyl sites for hydroxylation is 1. The minimum absolute atomic E-state index is 0.109. The Hall–Kier alpha value is -3.13. The fourth-order valence-electron chi connectivity index (χ4n) is 3.50. The molecule has 2 N–H and O–H groups in total. The van der Waals surface area contributed by atoms with Crippen LogP contribution in [0.2, 0.25) is 0 Å². The zero-order valence-corrected chi connectivity index (χ0v) is 16.4. The van der Waals surface area contributed by atoms with Gasteiger partial charge in [-0.1, -0.05) is 23.5 Å². The van der Waals surface area contributed by atoms with Gasteiger partial charge in [-0.3, -0.25) is 0 Å². The first-order chi connectivity index (χ1) is 13.6. The Bertz CT molecular complexity index is 1080. The van der Waals surface area contributed by atoms with Gasteiger partial charge in [-0.15, -0.1) is 10.2 Å². The molecule has 0 saturated carbocycles. The highest BCUT2D eigenvalue weighted by Crippen LogP contribution is 2.38. The largest absolute Gasteiger partial charge is 0.454 e. The minimum atomic E-state index is 0.109. The van der Waals surface area contributed by atoms with Crippen molar-refractivity contribution in [1.82, 2.24) is 10.2 Å². The second-order valence-corrected chi connectivity index (χ2v) is 8.09. The topological polar surface area (TPSA) is 85.9 Å². The lowest BCUT2D eigenvalue weighted by atomic mass is 9.94. The number of benzene rings is 2. The molecule has 0 aliphatic carbocycles. The molecule has 8 heteroatoms. The predicted molar refractivity (Wildman–Crippen MR) is 109 cm³/mol. The van der Waals surface area contributed by atoms with Gasteiger partial charge in [0.05, 0.1) is 11.8 Å². The van der Waals surface area contributed by atoms with Crippen LogP contribution in [-0.2, 0) is 6.42 Å². The number of hydrogen-bond acceptors (Lipinski definition) is 8. The van der Waals surface area contributed by atoms with E-state index < -0.39 is 0 Å². The number of rotatable bonds is 2. The van der Waals surface area contributed by atoms with Gasteiger partial charge >= 0.3 is 0 Å². The van der Waals surface area contributed by atoms with Gasteiger partial charge in [-0.25, -0.2) is 5.01 Å². The van der Waals surface area contributed by atoms with Gasteiger partial charge in [0.15, 0.2) is 11.5 Å². The number of hydrogen-bond donors (Lipinski definition) is 1. The van der Waals surface area contributed by atoms with Gasteiger partial charge in [-0.2, -0.15) is 5.10 Å². The second-order valence-electron chi connectivity index (χ2n) is 6.93. The summed E-state index contributed by atoms with van der Waals surface area (Å²) < 4.78 is 11.2. The summed E-state index contributed by atoms with van der Waals surface area (Å²) in [7, 11) is 0. The maximum atomic E-state index is 5.90. The van der Waals surface area contributed by atoms with Crippen molar-refractivity contribution in [3.63, 3.8) is 0 Å². The Balaban J connectivity index is 1.71. The maximum Gasteiger partial charge on any atom is 0.231 e. The number of anilines is 2. The molecule has 1 aromatic heterocycles. The summed E-state index contributed by atoms with van der Waals surface area (Å²) in [4.78, 5) is 0. The van der Waals surface area contributed by atoms with Crippen molar-refractivity contribution >= 4 is 27.9 Å². The zero-order chi connectivity index (χ0) is 19.3. The van der Waals surface area contributed by atoms with E-state index in [2.05, 4.69) is 23.2 Å². The lowest BCUT2D eigenvalue weighted by Crippen LogP contribution is -2.29. The van der Waals surface area contributed by atoms with E-state index in [0.29, 0.717) is 5.69 Å². The number of nitrogens with two attached hydrogens (primary N) is 1. The van der Waals surface area contributed by atoms with Crippen molar-refractivity contribution in [2.75, 3.05) is 17.5 Å². The lowest BCUT2D eigenvalue weighted by Gasteiger charge is -2.21. The summed E-state index contributed by atoms with van der Waals surface area (Å²) in [5.74, 6) is 1.53. The normalized spacial score (nSPS) is 17.9. The van der Waals surface area contributed by atoms with Gasteiger partial charge in [0.1, 0.15) is 5.01 Å². The quantitative estimate of drug-likeness (QED) is 0.672. The summed E-state index contributed by atoms with van der Waals surface area (Å²) in [6.07, 6.45) is 0.798. The monoisotopic (exact) mass is 393 g/mol. The van der Waals surface area contributed by atoms with Crippen LogP contribution in [0.4, 0.5) is 10.8 Å². The minimum Gasteiger partial charge on any atom is -0.454 e. The summed E-state index contributed by atoms with van der Waals surface area (Å²) in [6.45, 7) is 4.33. The smallest absolute Gasteiger partial charge is 0.231 e. The highest BCUT2D eigenvalue weighted by Gasteiger charge is 2.28. The van der Waals surface area contributed by atoms with E-state index >= 15 is 0 Å². The number of nitrogen functional groups attached to an aromatic ring is 1. The average molecular weight is 393 g/mol. The molecule has 1 atom stereocenters. The van der Waals surface area contributed by atoms with Crippen LogP contribution >= 0.6 is 11.3 Å². The van der Waals surface area contributed by atoms with E-state index in [1.165, 1.54) is 11.3 Å². The third kappa shape index (κ3) is 2.86.